The van der Waals surface area contributed by atoms with Crippen molar-refractivity contribution in [2.24, 2.45) is 0 Å². The second kappa shape index (κ2) is 6.07. The third kappa shape index (κ3) is 2.27. The number of hydrogen-bond acceptors (Lipinski definition) is 2. The van der Waals surface area contributed by atoms with Gasteiger partial charge in [0.2, 0.25) is 0 Å². The van der Waals surface area contributed by atoms with E-state index in [-0.39, 0.29) is 24.4 Å². The quantitative estimate of drug-likeness (QED) is 0.609. The largest absolute Gasteiger partial charge is 0.332 e. The van der Waals surface area contributed by atoms with Gasteiger partial charge in [-0.25, -0.2) is 9.59 Å². The van der Waals surface area contributed by atoms with Crippen LogP contribution in [0.3, 0.4) is 0 Å². The van der Waals surface area contributed by atoms with Crippen molar-refractivity contribution < 1.29 is 19.4 Å². The minimum absolute atomic E-state index is 0.0666. The second-order valence-electron chi connectivity index (χ2n) is 7.61. The highest BCUT2D eigenvalue weighted by molar-refractivity contribution is 5.85. The number of quaternary nitrogens is 2. The topological polar surface area (TPSA) is 56.0 Å². The zero-order valence-corrected chi connectivity index (χ0v) is 14.8. The van der Waals surface area contributed by atoms with Gasteiger partial charge in [-0.05, 0) is 12.8 Å². The average molecular weight is 338 g/mol. The maximum atomic E-state index is 12.9. The van der Waals surface area contributed by atoms with Gasteiger partial charge in [0, 0.05) is 0 Å². The summed E-state index contributed by atoms with van der Waals surface area (Å²) < 4.78 is 0. The van der Waals surface area contributed by atoms with Gasteiger partial charge >= 0.3 is 12.1 Å². The first-order chi connectivity index (χ1) is 11.7. The fourth-order valence-electron chi connectivity index (χ4n) is 4.64. The van der Waals surface area contributed by atoms with Crippen LogP contribution in [-0.4, -0.2) is 83.8 Å². The molecular weight excluding hydrogens is 308 g/mol. The number of rotatable bonds is 6. The molecule has 4 saturated heterocycles. The van der Waals surface area contributed by atoms with Gasteiger partial charge in [-0.1, -0.05) is 26.7 Å². The van der Waals surface area contributed by atoms with Crippen molar-refractivity contribution in [3.8, 4) is 0 Å². The number of unbranched alkanes of at least 4 members (excludes halogenated alkanes) is 2. The lowest BCUT2D eigenvalue weighted by atomic mass is 10.3. The SMILES string of the molecule is CCCC[NH+]1CN2C(=O)N3C[NH+](CCCC)CN4C(=O)N(C1)C2C34. The number of hydrogen-bond donors (Lipinski definition) is 2. The summed E-state index contributed by atoms with van der Waals surface area (Å²) in [6.07, 6.45) is 4.43. The number of carbonyl (C=O) groups excluding carboxylic acids is 2. The van der Waals surface area contributed by atoms with Gasteiger partial charge in [-0.2, -0.15) is 0 Å². The Morgan fingerprint density at radius 3 is 1.38 bits per heavy atom. The fourth-order valence-corrected chi connectivity index (χ4v) is 4.64. The normalized spacial score (nSPS) is 34.4. The number of nitrogens with zero attached hydrogens (tertiary/aromatic N) is 4. The van der Waals surface area contributed by atoms with E-state index in [1.165, 1.54) is 9.80 Å². The summed E-state index contributed by atoms with van der Waals surface area (Å²) in [6.45, 7) is 9.34. The molecule has 0 spiro atoms. The number of carbonyl (C=O) groups is 2. The molecule has 0 aromatic rings. The molecule has 8 heteroatoms. The first-order valence-corrected chi connectivity index (χ1v) is 9.47. The van der Waals surface area contributed by atoms with Crippen molar-refractivity contribution in [2.75, 3.05) is 39.8 Å². The summed E-state index contributed by atoms with van der Waals surface area (Å²) in [4.78, 5) is 36.3. The highest BCUT2D eigenvalue weighted by Gasteiger charge is 2.65. The molecule has 134 valence electrons. The Hall–Kier alpha value is -1.54. The minimum atomic E-state index is -0.0666. The molecule has 0 atom stereocenters. The summed E-state index contributed by atoms with van der Waals surface area (Å²) >= 11 is 0. The predicted octanol–water partition coefficient (Wildman–Crippen LogP) is -1.66. The molecule has 0 saturated carbocycles. The number of nitrogens with one attached hydrogen (secondary N) is 2. The standard InChI is InChI=1S/C16H28N6O2/c1-3-5-7-17-9-19-13-14-21(15(19)23)11-18(8-6-4-2)12-22(14)16(24)20(13)10-17/h13-14H,3-12H2,1-2H3/p+2. The van der Waals surface area contributed by atoms with Crippen LogP contribution in [0.4, 0.5) is 9.59 Å². The highest BCUT2D eigenvalue weighted by Crippen LogP contribution is 2.34. The van der Waals surface area contributed by atoms with Crippen molar-refractivity contribution >= 4 is 12.1 Å². The van der Waals surface area contributed by atoms with Gasteiger partial charge in [-0.15, -0.1) is 0 Å². The van der Waals surface area contributed by atoms with Crippen molar-refractivity contribution in [1.29, 1.82) is 0 Å². The van der Waals surface area contributed by atoms with E-state index < -0.39 is 0 Å². The molecular formula is C16H30N6O2+2. The lowest BCUT2D eigenvalue weighted by molar-refractivity contribution is -0.927. The fraction of sp³-hybridized carbons (Fsp3) is 0.875. The van der Waals surface area contributed by atoms with E-state index >= 15 is 0 Å². The summed E-state index contributed by atoms with van der Waals surface area (Å²) in [5, 5.41) is 0. The Labute approximate surface area is 143 Å². The molecule has 0 unspecified atom stereocenters. The second-order valence-corrected chi connectivity index (χ2v) is 7.61. The maximum Gasteiger partial charge on any atom is 0.332 e. The summed E-state index contributed by atoms with van der Waals surface area (Å²) in [7, 11) is 0. The molecule has 0 aliphatic carbocycles. The van der Waals surface area contributed by atoms with Gasteiger partial charge in [-0.3, -0.25) is 19.6 Å². The van der Waals surface area contributed by atoms with Gasteiger partial charge < -0.3 is 9.80 Å². The Balaban J connectivity index is 1.56. The molecule has 2 N–H and O–H groups in total. The van der Waals surface area contributed by atoms with Crippen LogP contribution in [0.1, 0.15) is 39.5 Å². The van der Waals surface area contributed by atoms with E-state index in [9.17, 15) is 9.59 Å². The Morgan fingerprint density at radius 2 is 1.08 bits per heavy atom. The smallest absolute Gasteiger partial charge is 0.300 e. The lowest BCUT2D eigenvalue weighted by Gasteiger charge is -2.39. The lowest BCUT2D eigenvalue weighted by Crippen LogP contribution is -3.18. The minimum Gasteiger partial charge on any atom is -0.300 e. The van der Waals surface area contributed by atoms with Gasteiger partial charge in [0.15, 0.2) is 39.0 Å². The van der Waals surface area contributed by atoms with E-state index in [1.807, 2.05) is 19.6 Å². The van der Waals surface area contributed by atoms with Crippen molar-refractivity contribution in [3.05, 3.63) is 0 Å². The van der Waals surface area contributed by atoms with Crippen LogP contribution in [0.25, 0.3) is 0 Å². The van der Waals surface area contributed by atoms with Crippen molar-refractivity contribution in [2.45, 2.75) is 51.9 Å². The monoisotopic (exact) mass is 338 g/mol. The highest BCUT2D eigenvalue weighted by atomic mass is 16.2. The molecule has 0 aromatic heterocycles. The van der Waals surface area contributed by atoms with Crippen LogP contribution in [0.2, 0.25) is 0 Å². The predicted molar refractivity (Wildman–Crippen MR) is 86.7 cm³/mol. The van der Waals surface area contributed by atoms with Crippen LogP contribution < -0.4 is 9.80 Å². The Kier molecular flexibility index (Phi) is 4.04. The first kappa shape index (κ1) is 16.0. The first-order valence-electron chi connectivity index (χ1n) is 9.47. The third-order valence-electron chi connectivity index (χ3n) is 5.87. The van der Waals surface area contributed by atoms with E-state index in [4.69, 9.17) is 0 Å². The Morgan fingerprint density at radius 1 is 0.750 bits per heavy atom. The summed E-state index contributed by atoms with van der Waals surface area (Å²) in [6, 6.07) is 0.241. The van der Waals surface area contributed by atoms with Crippen LogP contribution in [0.15, 0.2) is 0 Å². The number of urea groups is 2. The van der Waals surface area contributed by atoms with Crippen LogP contribution >= 0.6 is 0 Å². The van der Waals surface area contributed by atoms with Crippen LogP contribution in [-0.2, 0) is 0 Å². The Bertz CT molecular complexity index is 451. The van der Waals surface area contributed by atoms with Gasteiger partial charge in [0.25, 0.3) is 0 Å². The number of amides is 4. The van der Waals surface area contributed by atoms with Gasteiger partial charge in [0.05, 0.1) is 13.1 Å². The maximum absolute atomic E-state index is 12.9. The molecule has 4 aliphatic heterocycles. The third-order valence-corrected chi connectivity index (χ3v) is 5.87. The molecule has 8 nitrogen and oxygen atoms in total. The summed E-state index contributed by atoms with van der Waals surface area (Å²) in [5.74, 6) is 0. The summed E-state index contributed by atoms with van der Waals surface area (Å²) in [5.41, 5.74) is 0. The molecule has 4 aliphatic rings. The zero-order chi connectivity index (χ0) is 16.8. The van der Waals surface area contributed by atoms with E-state index in [0.29, 0.717) is 0 Å². The van der Waals surface area contributed by atoms with Crippen LogP contribution in [0.5, 0.6) is 0 Å². The van der Waals surface area contributed by atoms with Crippen molar-refractivity contribution in [1.82, 2.24) is 19.6 Å². The zero-order valence-electron chi connectivity index (χ0n) is 14.8. The molecule has 24 heavy (non-hydrogen) atoms. The van der Waals surface area contributed by atoms with E-state index in [1.54, 1.807) is 0 Å². The van der Waals surface area contributed by atoms with Crippen LogP contribution in [0, 0.1) is 0 Å². The van der Waals surface area contributed by atoms with E-state index in [2.05, 4.69) is 13.8 Å². The average Bonchev–Trinajstić information content (AvgIpc) is 3.04. The molecule has 4 heterocycles. The van der Waals surface area contributed by atoms with Crippen molar-refractivity contribution in [3.63, 3.8) is 0 Å². The molecule has 0 bridgehead atoms. The van der Waals surface area contributed by atoms with E-state index in [0.717, 1.165) is 65.4 Å². The molecule has 4 rings (SSSR count). The molecule has 0 radical (unpaired) electrons. The van der Waals surface area contributed by atoms with Gasteiger partial charge in [0.1, 0.15) is 0 Å². The molecule has 4 amide bonds. The molecule has 0 aromatic carbocycles. The molecule has 4 fully saturated rings.